The molecule has 0 atom stereocenters. The largest absolute Gasteiger partial charge is 0.475 e. The Kier molecular flexibility index (Phi) is 4.91. The third kappa shape index (κ3) is 3.54. The zero-order valence-electron chi connectivity index (χ0n) is 11.3. The number of rotatable bonds is 8. The summed E-state index contributed by atoms with van der Waals surface area (Å²) in [5, 5.41) is 10.6. The van der Waals surface area contributed by atoms with Crippen molar-refractivity contribution >= 4 is 17.0 Å². The Morgan fingerprint density at radius 1 is 1.21 bits per heavy atom. The molecule has 0 amide bonds. The van der Waals surface area contributed by atoms with Gasteiger partial charge in [-0.2, -0.15) is 15.1 Å². The van der Waals surface area contributed by atoms with Gasteiger partial charge in [0, 0.05) is 13.2 Å². The first-order valence-corrected chi connectivity index (χ1v) is 6.50. The predicted octanol–water partition coefficient (Wildman–Crippen LogP) is 1.59. The molecule has 2 rings (SSSR count). The number of hydrogen-bond donors (Lipinski definition) is 2. The fourth-order valence-electron chi connectivity index (χ4n) is 1.60. The van der Waals surface area contributed by atoms with Crippen LogP contribution >= 0.6 is 0 Å². The lowest BCUT2D eigenvalue weighted by molar-refractivity contribution is 0.0996. The molecular weight excluding hydrogens is 246 g/mol. The molecule has 2 aromatic rings. The number of ether oxygens (including phenoxy) is 2. The van der Waals surface area contributed by atoms with E-state index in [0.29, 0.717) is 30.7 Å². The smallest absolute Gasteiger partial charge is 0.229 e. The second kappa shape index (κ2) is 6.89. The van der Waals surface area contributed by atoms with Crippen molar-refractivity contribution in [1.82, 2.24) is 20.2 Å². The molecule has 0 saturated carbocycles. The molecule has 2 heterocycles. The Bertz CT molecular complexity index is 514. The highest BCUT2D eigenvalue weighted by Gasteiger charge is 2.10. The van der Waals surface area contributed by atoms with Gasteiger partial charge in [-0.05, 0) is 13.3 Å². The van der Waals surface area contributed by atoms with Gasteiger partial charge in [-0.25, -0.2) is 0 Å². The molecule has 2 N–H and O–H groups in total. The van der Waals surface area contributed by atoms with E-state index in [9.17, 15) is 0 Å². The van der Waals surface area contributed by atoms with Crippen molar-refractivity contribution in [3.05, 3.63) is 6.20 Å². The Morgan fingerprint density at radius 3 is 2.89 bits per heavy atom. The first kappa shape index (κ1) is 13.5. The van der Waals surface area contributed by atoms with Crippen LogP contribution in [0.15, 0.2) is 6.20 Å². The van der Waals surface area contributed by atoms with Crippen LogP contribution in [0, 0.1) is 0 Å². The second-order valence-electron chi connectivity index (χ2n) is 3.98. The number of nitrogens with one attached hydrogen (secondary N) is 2. The van der Waals surface area contributed by atoms with E-state index < -0.39 is 0 Å². The van der Waals surface area contributed by atoms with Crippen molar-refractivity contribution in [3.8, 4) is 5.88 Å². The summed E-state index contributed by atoms with van der Waals surface area (Å²) in [4.78, 5) is 8.61. The molecule has 0 bridgehead atoms. The summed E-state index contributed by atoms with van der Waals surface area (Å²) >= 11 is 0. The first-order chi connectivity index (χ1) is 9.35. The minimum Gasteiger partial charge on any atom is -0.475 e. The highest BCUT2D eigenvalue weighted by molar-refractivity contribution is 5.80. The Labute approximate surface area is 111 Å². The van der Waals surface area contributed by atoms with Crippen LogP contribution in [0.4, 0.5) is 5.95 Å². The maximum Gasteiger partial charge on any atom is 0.229 e. The summed E-state index contributed by atoms with van der Waals surface area (Å²) in [7, 11) is 0. The summed E-state index contributed by atoms with van der Waals surface area (Å²) in [6, 6.07) is 0. The van der Waals surface area contributed by atoms with Crippen molar-refractivity contribution in [2.45, 2.75) is 20.3 Å². The van der Waals surface area contributed by atoms with Crippen molar-refractivity contribution in [2.24, 2.45) is 0 Å². The van der Waals surface area contributed by atoms with Gasteiger partial charge in [0.2, 0.25) is 11.8 Å². The van der Waals surface area contributed by atoms with Crippen LogP contribution in [-0.4, -0.2) is 46.5 Å². The number of hydrogen-bond acceptors (Lipinski definition) is 6. The van der Waals surface area contributed by atoms with E-state index in [1.54, 1.807) is 6.20 Å². The third-order valence-electron chi connectivity index (χ3n) is 2.42. The second-order valence-corrected chi connectivity index (χ2v) is 3.98. The van der Waals surface area contributed by atoms with E-state index in [-0.39, 0.29) is 0 Å². The fourth-order valence-corrected chi connectivity index (χ4v) is 1.60. The topological polar surface area (TPSA) is 85.0 Å². The van der Waals surface area contributed by atoms with E-state index >= 15 is 0 Å². The molecule has 0 aliphatic rings. The van der Waals surface area contributed by atoms with Crippen LogP contribution in [-0.2, 0) is 4.74 Å². The van der Waals surface area contributed by atoms with E-state index in [1.165, 1.54) is 0 Å². The maximum atomic E-state index is 5.64. The van der Waals surface area contributed by atoms with Crippen LogP contribution < -0.4 is 10.1 Å². The highest BCUT2D eigenvalue weighted by Crippen LogP contribution is 2.21. The Morgan fingerprint density at radius 2 is 2.11 bits per heavy atom. The minimum atomic E-state index is 0.461. The van der Waals surface area contributed by atoms with Crippen LogP contribution in [0.2, 0.25) is 0 Å². The molecule has 0 unspecified atom stereocenters. The molecule has 7 nitrogen and oxygen atoms in total. The Hall–Kier alpha value is -1.89. The number of anilines is 1. The fraction of sp³-hybridized carbons (Fsp3) is 0.583. The average molecular weight is 265 g/mol. The Balaban J connectivity index is 2.04. The summed E-state index contributed by atoms with van der Waals surface area (Å²) in [6.07, 6.45) is 2.66. The maximum absolute atomic E-state index is 5.64. The SMILES string of the molecule is CCCOCCOc1nc(NCC)nc2[nH]ncc12. The molecule has 0 spiro atoms. The summed E-state index contributed by atoms with van der Waals surface area (Å²) in [6.45, 7) is 6.56. The van der Waals surface area contributed by atoms with Crippen LogP contribution in [0.25, 0.3) is 11.0 Å². The molecule has 0 saturated heterocycles. The van der Waals surface area contributed by atoms with Gasteiger partial charge >= 0.3 is 0 Å². The summed E-state index contributed by atoms with van der Waals surface area (Å²) < 4.78 is 11.0. The van der Waals surface area contributed by atoms with Gasteiger partial charge in [0.15, 0.2) is 5.65 Å². The standard InChI is InChI=1S/C12H19N5O2/c1-3-5-18-6-7-19-11-9-8-14-17-10(9)15-12(16-11)13-4-2/h8H,3-7H2,1-2H3,(H2,13,14,15,16,17). The van der Waals surface area contributed by atoms with Crippen LogP contribution in [0.3, 0.4) is 0 Å². The van der Waals surface area contributed by atoms with Gasteiger partial charge in [0.25, 0.3) is 0 Å². The molecule has 0 aliphatic carbocycles. The molecule has 0 aromatic carbocycles. The van der Waals surface area contributed by atoms with Gasteiger partial charge < -0.3 is 14.8 Å². The van der Waals surface area contributed by atoms with E-state index in [1.807, 2.05) is 6.92 Å². The van der Waals surface area contributed by atoms with Gasteiger partial charge in [0.05, 0.1) is 12.8 Å². The minimum absolute atomic E-state index is 0.461. The normalized spacial score (nSPS) is 10.8. The monoisotopic (exact) mass is 265 g/mol. The molecule has 7 heteroatoms. The lowest BCUT2D eigenvalue weighted by Gasteiger charge is -2.08. The van der Waals surface area contributed by atoms with Gasteiger partial charge in [-0.3, -0.25) is 5.10 Å². The highest BCUT2D eigenvalue weighted by atomic mass is 16.5. The summed E-state index contributed by atoms with van der Waals surface area (Å²) in [5.74, 6) is 1.05. The lowest BCUT2D eigenvalue weighted by Crippen LogP contribution is -2.10. The molecule has 19 heavy (non-hydrogen) atoms. The van der Waals surface area contributed by atoms with Crippen molar-refractivity contribution in [2.75, 3.05) is 31.7 Å². The van der Waals surface area contributed by atoms with E-state index in [4.69, 9.17) is 9.47 Å². The number of fused-ring (bicyclic) bond motifs is 1. The number of nitrogens with zero attached hydrogens (tertiary/aromatic N) is 3. The van der Waals surface area contributed by atoms with Crippen LogP contribution in [0.1, 0.15) is 20.3 Å². The molecule has 0 aliphatic heterocycles. The van der Waals surface area contributed by atoms with Gasteiger partial charge in [-0.15, -0.1) is 0 Å². The average Bonchev–Trinajstić information content (AvgIpc) is 2.87. The van der Waals surface area contributed by atoms with Gasteiger partial charge in [0.1, 0.15) is 12.0 Å². The number of aromatic amines is 1. The lowest BCUT2D eigenvalue weighted by atomic mass is 10.4. The number of aromatic nitrogens is 4. The van der Waals surface area contributed by atoms with E-state index in [0.717, 1.165) is 25.0 Å². The zero-order valence-corrected chi connectivity index (χ0v) is 11.3. The summed E-state index contributed by atoms with van der Waals surface area (Å²) in [5.41, 5.74) is 0.662. The predicted molar refractivity (Wildman–Crippen MR) is 72.5 cm³/mol. The third-order valence-corrected chi connectivity index (χ3v) is 2.42. The van der Waals surface area contributed by atoms with Gasteiger partial charge in [-0.1, -0.05) is 6.92 Å². The first-order valence-electron chi connectivity index (χ1n) is 6.50. The zero-order chi connectivity index (χ0) is 13.5. The molecular formula is C12H19N5O2. The van der Waals surface area contributed by atoms with Crippen molar-refractivity contribution in [1.29, 1.82) is 0 Å². The van der Waals surface area contributed by atoms with Crippen LogP contribution in [0.5, 0.6) is 5.88 Å². The molecule has 0 fully saturated rings. The number of H-pyrrole nitrogens is 1. The van der Waals surface area contributed by atoms with E-state index in [2.05, 4.69) is 32.4 Å². The quantitative estimate of drug-likeness (QED) is 0.705. The molecule has 0 radical (unpaired) electrons. The molecule has 104 valence electrons. The van der Waals surface area contributed by atoms with Crippen molar-refractivity contribution < 1.29 is 9.47 Å². The molecule has 2 aromatic heterocycles. The van der Waals surface area contributed by atoms with Crippen molar-refractivity contribution in [3.63, 3.8) is 0 Å².